The van der Waals surface area contributed by atoms with Crippen molar-refractivity contribution in [1.29, 1.82) is 0 Å². The third-order valence-electron chi connectivity index (χ3n) is 2.92. The molecule has 0 aliphatic heterocycles. The molecule has 1 aromatic rings. The number of carbonyl (C=O) groups excluding carboxylic acids is 1. The van der Waals surface area contributed by atoms with Crippen LogP contribution in [0.4, 0.5) is 0 Å². The number of rotatable bonds is 4. The molecule has 1 aromatic carbocycles. The van der Waals surface area contributed by atoms with Crippen LogP contribution in [0.1, 0.15) is 26.3 Å². The van der Waals surface area contributed by atoms with Crippen molar-refractivity contribution in [3.05, 3.63) is 33.8 Å². The van der Waals surface area contributed by atoms with Crippen molar-refractivity contribution in [2.75, 3.05) is 6.54 Å². The highest BCUT2D eigenvalue weighted by atomic mass is 35.5. The molecule has 5 heteroatoms. The van der Waals surface area contributed by atoms with Crippen molar-refractivity contribution in [2.24, 2.45) is 11.1 Å². The number of halogens is 2. The number of carbonyl (C=O) groups is 1. The van der Waals surface area contributed by atoms with Crippen LogP contribution in [0.3, 0.4) is 0 Å². The lowest BCUT2D eigenvalue weighted by Gasteiger charge is -2.25. The van der Waals surface area contributed by atoms with Crippen LogP contribution in [-0.4, -0.2) is 18.5 Å². The summed E-state index contributed by atoms with van der Waals surface area (Å²) in [6.07, 6.45) is 0.651. The Balaban J connectivity index is 2.48. The Morgan fingerprint density at radius 2 is 2.00 bits per heavy atom. The molecule has 0 saturated carbocycles. The Morgan fingerprint density at radius 1 is 1.37 bits per heavy atom. The zero-order valence-electron chi connectivity index (χ0n) is 11.5. The Bertz CT molecular complexity index is 455. The molecule has 3 N–H and O–H groups in total. The topological polar surface area (TPSA) is 55.1 Å². The van der Waals surface area contributed by atoms with E-state index in [2.05, 4.69) is 5.32 Å². The van der Waals surface area contributed by atoms with Crippen LogP contribution in [0.2, 0.25) is 10.0 Å². The molecule has 0 heterocycles. The molecule has 1 rings (SSSR count). The second-order valence-corrected chi connectivity index (χ2v) is 6.46. The second kappa shape index (κ2) is 6.60. The fraction of sp³-hybridized carbons (Fsp3) is 0.500. The van der Waals surface area contributed by atoms with Crippen LogP contribution in [0.15, 0.2) is 18.2 Å². The minimum atomic E-state index is -0.520. The summed E-state index contributed by atoms with van der Waals surface area (Å²) in [5, 5.41) is 4.04. The molecule has 0 spiro atoms. The van der Waals surface area contributed by atoms with Crippen LogP contribution in [0.5, 0.6) is 0 Å². The van der Waals surface area contributed by atoms with Crippen LogP contribution >= 0.6 is 23.2 Å². The second-order valence-electron chi connectivity index (χ2n) is 5.62. The first-order chi connectivity index (χ1) is 8.71. The maximum atomic E-state index is 11.8. The van der Waals surface area contributed by atoms with Crippen molar-refractivity contribution in [2.45, 2.75) is 33.2 Å². The van der Waals surface area contributed by atoms with Gasteiger partial charge in [-0.05, 0) is 29.5 Å². The van der Waals surface area contributed by atoms with E-state index in [1.807, 2.05) is 26.8 Å². The average molecular weight is 303 g/mol. The van der Waals surface area contributed by atoms with E-state index in [0.29, 0.717) is 23.0 Å². The third-order valence-corrected chi connectivity index (χ3v) is 3.51. The highest BCUT2D eigenvalue weighted by Gasteiger charge is 2.26. The van der Waals surface area contributed by atoms with Gasteiger partial charge in [-0.25, -0.2) is 0 Å². The molecule has 0 radical (unpaired) electrons. The van der Waals surface area contributed by atoms with Gasteiger partial charge in [0, 0.05) is 16.6 Å². The first kappa shape index (κ1) is 16.3. The van der Waals surface area contributed by atoms with Crippen molar-refractivity contribution in [3.63, 3.8) is 0 Å². The molecule has 3 nitrogen and oxygen atoms in total. The average Bonchev–Trinajstić information content (AvgIpc) is 2.29. The van der Waals surface area contributed by atoms with Gasteiger partial charge in [-0.15, -0.1) is 0 Å². The maximum Gasteiger partial charge on any atom is 0.237 e. The molecule has 0 aromatic heterocycles. The normalized spacial score (nSPS) is 13.2. The van der Waals surface area contributed by atoms with Gasteiger partial charge in [0.25, 0.3) is 0 Å². The van der Waals surface area contributed by atoms with Crippen LogP contribution < -0.4 is 11.1 Å². The summed E-state index contributed by atoms with van der Waals surface area (Å²) >= 11 is 11.9. The zero-order valence-corrected chi connectivity index (χ0v) is 13.0. The lowest BCUT2D eigenvalue weighted by molar-refractivity contribution is -0.124. The molecule has 0 aliphatic carbocycles. The molecule has 106 valence electrons. The van der Waals surface area contributed by atoms with E-state index >= 15 is 0 Å². The fourth-order valence-electron chi connectivity index (χ4n) is 1.55. The van der Waals surface area contributed by atoms with E-state index in [9.17, 15) is 4.79 Å². The number of nitrogens with two attached hydrogens (primary N) is 1. The molecule has 1 amide bonds. The Hall–Kier alpha value is -0.770. The fourth-order valence-corrected chi connectivity index (χ4v) is 2.05. The molecule has 1 atom stereocenters. The summed E-state index contributed by atoms with van der Waals surface area (Å²) in [5.74, 6) is -0.141. The van der Waals surface area contributed by atoms with Crippen molar-refractivity contribution < 1.29 is 4.79 Å². The first-order valence-corrected chi connectivity index (χ1v) is 6.94. The van der Waals surface area contributed by atoms with Gasteiger partial charge < -0.3 is 11.1 Å². The largest absolute Gasteiger partial charge is 0.354 e. The number of hydrogen-bond acceptors (Lipinski definition) is 2. The Kier molecular flexibility index (Phi) is 5.65. The molecule has 0 fully saturated rings. The van der Waals surface area contributed by atoms with Crippen LogP contribution in [0.25, 0.3) is 0 Å². The van der Waals surface area contributed by atoms with Crippen molar-refractivity contribution in [3.8, 4) is 0 Å². The first-order valence-electron chi connectivity index (χ1n) is 6.19. The summed E-state index contributed by atoms with van der Waals surface area (Å²) in [7, 11) is 0. The van der Waals surface area contributed by atoms with Gasteiger partial charge in [0.2, 0.25) is 5.91 Å². The van der Waals surface area contributed by atoms with Gasteiger partial charge in [-0.2, -0.15) is 0 Å². The monoisotopic (exact) mass is 302 g/mol. The Labute approximate surface area is 124 Å². The summed E-state index contributed by atoms with van der Waals surface area (Å²) < 4.78 is 0. The molecular weight excluding hydrogens is 283 g/mol. The maximum absolute atomic E-state index is 11.8. The molecular formula is C14H20Cl2N2O. The number of hydrogen-bond donors (Lipinski definition) is 2. The van der Waals surface area contributed by atoms with E-state index < -0.39 is 6.04 Å². The van der Waals surface area contributed by atoms with E-state index in [-0.39, 0.29) is 11.3 Å². The summed E-state index contributed by atoms with van der Waals surface area (Å²) in [6, 6.07) is 4.82. The van der Waals surface area contributed by atoms with Gasteiger partial charge in [-0.3, -0.25) is 4.79 Å². The van der Waals surface area contributed by atoms with Gasteiger partial charge in [-0.1, -0.05) is 50.0 Å². The van der Waals surface area contributed by atoms with Crippen LogP contribution in [-0.2, 0) is 11.2 Å². The highest BCUT2D eigenvalue weighted by Crippen LogP contribution is 2.21. The van der Waals surface area contributed by atoms with Crippen LogP contribution in [0, 0.1) is 5.41 Å². The van der Waals surface area contributed by atoms with Crippen molar-refractivity contribution >= 4 is 29.1 Å². The lowest BCUT2D eigenvalue weighted by atomic mass is 9.87. The lowest BCUT2D eigenvalue weighted by Crippen LogP contribution is -2.48. The van der Waals surface area contributed by atoms with Gasteiger partial charge in [0.15, 0.2) is 0 Å². The predicted octanol–water partition coefficient (Wildman–Crippen LogP) is 3.03. The number of amides is 1. The summed E-state index contributed by atoms with van der Waals surface area (Å²) in [4.78, 5) is 11.8. The number of benzene rings is 1. The van der Waals surface area contributed by atoms with E-state index in [1.165, 1.54) is 0 Å². The number of nitrogens with one attached hydrogen (secondary N) is 1. The summed E-state index contributed by atoms with van der Waals surface area (Å²) in [6.45, 7) is 6.32. The quantitative estimate of drug-likeness (QED) is 0.898. The molecule has 0 bridgehead atoms. The SMILES string of the molecule is CC(C)(C)[C@@H](N)C(=O)NCCc1ccc(Cl)cc1Cl. The predicted molar refractivity (Wildman–Crippen MR) is 80.6 cm³/mol. The highest BCUT2D eigenvalue weighted by molar-refractivity contribution is 6.35. The minimum absolute atomic E-state index is 0.141. The van der Waals surface area contributed by atoms with E-state index in [4.69, 9.17) is 28.9 Å². The van der Waals surface area contributed by atoms with Gasteiger partial charge >= 0.3 is 0 Å². The zero-order chi connectivity index (χ0) is 14.6. The van der Waals surface area contributed by atoms with Gasteiger partial charge in [0.1, 0.15) is 0 Å². The van der Waals surface area contributed by atoms with E-state index in [1.54, 1.807) is 12.1 Å². The molecule has 0 saturated heterocycles. The standard InChI is InChI=1S/C14H20Cl2N2O/c1-14(2,3)12(17)13(19)18-7-6-9-4-5-10(15)8-11(9)16/h4-5,8,12H,6-7,17H2,1-3H3,(H,18,19)/t12-/m0/s1. The molecule has 0 unspecified atom stereocenters. The Morgan fingerprint density at radius 3 is 2.53 bits per heavy atom. The van der Waals surface area contributed by atoms with Gasteiger partial charge in [0.05, 0.1) is 6.04 Å². The smallest absolute Gasteiger partial charge is 0.237 e. The molecule has 19 heavy (non-hydrogen) atoms. The van der Waals surface area contributed by atoms with E-state index in [0.717, 1.165) is 5.56 Å². The summed E-state index contributed by atoms with van der Waals surface area (Å²) in [5.41, 5.74) is 6.57. The molecule has 0 aliphatic rings. The minimum Gasteiger partial charge on any atom is -0.354 e. The third kappa shape index (κ3) is 5.01. The van der Waals surface area contributed by atoms with Crippen molar-refractivity contribution in [1.82, 2.24) is 5.32 Å².